The van der Waals surface area contributed by atoms with E-state index in [0.29, 0.717) is 23.2 Å². The molecular formula is C20H17N5. The van der Waals surface area contributed by atoms with Gasteiger partial charge in [-0.15, -0.1) is 0 Å². The molecule has 2 aromatic carbocycles. The molecule has 5 heteroatoms. The Labute approximate surface area is 146 Å². The van der Waals surface area contributed by atoms with Crippen LogP contribution < -0.4 is 10.2 Å². The Balaban J connectivity index is 1.68. The number of benzene rings is 2. The second kappa shape index (κ2) is 6.25. The Bertz CT molecular complexity index is 960. The third kappa shape index (κ3) is 2.79. The second-order valence-corrected chi connectivity index (χ2v) is 6.07. The smallest absolute Gasteiger partial charge is 0.229 e. The Morgan fingerprint density at radius 1 is 1.12 bits per heavy atom. The molecule has 0 saturated heterocycles. The fourth-order valence-electron chi connectivity index (χ4n) is 3.27. The first-order valence-corrected chi connectivity index (χ1v) is 8.22. The lowest BCUT2D eigenvalue weighted by molar-refractivity contribution is 0.749. The van der Waals surface area contributed by atoms with E-state index in [-0.39, 0.29) is 0 Å². The number of aromatic nitrogens is 2. The highest BCUT2D eigenvalue weighted by molar-refractivity contribution is 5.70. The maximum absolute atomic E-state index is 9.23. The molecule has 0 saturated carbocycles. The third-order valence-corrected chi connectivity index (χ3v) is 4.39. The summed E-state index contributed by atoms with van der Waals surface area (Å²) in [6.07, 6.45) is 2.74. The van der Waals surface area contributed by atoms with Gasteiger partial charge in [-0.05, 0) is 43.2 Å². The Hall–Kier alpha value is -3.39. The molecular weight excluding hydrogens is 310 g/mol. The lowest BCUT2D eigenvalue weighted by Gasteiger charge is -2.24. The fourth-order valence-corrected chi connectivity index (χ4v) is 3.27. The minimum atomic E-state index is 0.339. The van der Waals surface area contributed by atoms with Gasteiger partial charge in [0.2, 0.25) is 5.95 Å². The average molecular weight is 327 g/mol. The number of nitrogens with zero attached hydrogens (tertiary/aromatic N) is 4. The molecule has 0 amide bonds. The highest BCUT2D eigenvalue weighted by atomic mass is 15.3. The first-order chi connectivity index (χ1) is 12.3. The van der Waals surface area contributed by atoms with Gasteiger partial charge in [0.15, 0.2) is 0 Å². The van der Waals surface area contributed by atoms with Crippen LogP contribution in [0, 0.1) is 11.3 Å². The SMILES string of the molecule is CC1Cc2ccccc2N1c1ccnc(Nc2ccccc2C#N)n1. The van der Waals surface area contributed by atoms with Gasteiger partial charge in [-0.3, -0.25) is 0 Å². The highest BCUT2D eigenvalue weighted by Crippen LogP contribution is 2.37. The summed E-state index contributed by atoms with van der Waals surface area (Å²) >= 11 is 0. The van der Waals surface area contributed by atoms with Crippen molar-refractivity contribution in [2.45, 2.75) is 19.4 Å². The predicted molar refractivity (Wildman–Crippen MR) is 98.2 cm³/mol. The first kappa shape index (κ1) is 15.2. The maximum atomic E-state index is 9.23. The van der Waals surface area contributed by atoms with Gasteiger partial charge in [-0.25, -0.2) is 4.98 Å². The zero-order valence-electron chi connectivity index (χ0n) is 13.8. The van der Waals surface area contributed by atoms with Crippen LogP contribution in [0.5, 0.6) is 0 Å². The van der Waals surface area contributed by atoms with E-state index < -0.39 is 0 Å². The zero-order valence-corrected chi connectivity index (χ0v) is 13.8. The molecule has 2 heterocycles. The summed E-state index contributed by atoms with van der Waals surface area (Å²) in [4.78, 5) is 11.2. The van der Waals surface area contributed by atoms with Crippen LogP contribution in [0.15, 0.2) is 60.8 Å². The molecule has 1 N–H and O–H groups in total. The number of nitriles is 1. The number of rotatable bonds is 3. The summed E-state index contributed by atoms with van der Waals surface area (Å²) in [5.74, 6) is 1.33. The summed E-state index contributed by atoms with van der Waals surface area (Å²) < 4.78 is 0. The van der Waals surface area contributed by atoms with Crippen LogP contribution in [0.4, 0.5) is 23.1 Å². The normalized spacial score (nSPS) is 15.5. The van der Waals surface area contributed by atoms with Crippen molar-refractivity contribution in [3.05, 3.63) is 71.9 Å². The van der Waals surface area contributed by atoms with Crippen molar-refractivity contribution >= 4 is 23.1 Å². The summed E-state index contributed by atoms with van der Waals surface area (Å²) in [7, 11) is 0. The van der Waals surface area contributed by atoms with Gasteiger partial charge >= 0.3 is 0 Å². The van der Waals surface area contributed by atoms with Crippen LogP contribution >= 0.6 is 0 Å². The minimum absolute atomic E-state index is 0.339. The Kier molecular flexibility index (Phi) is 3.79. The Morgan fingerprint density at radius 3 is 2.80 bits per heavy atom. The van der Waals surface area contributed by atoms with Crippen molar-refractivity contribution in [3.8, 4) is 6.07 Å². The summed E-state index contributed by atoms with van der Waals surface area (Å²) in [5, 5.41) is 12.4. The molecule has 0 fully saturated rings. The molecule has 122 valence electrons. The van der Waals surface area contributed by atoms with E-state index in [0.717, 1.165) is 12.2 Å². The third-order valence-electron chi connectivity index (χ3n) is 4.39. The molecule has 0 radical (unpaired) electrons. The zero-order chi connectivity index (χ0) is 17.2. The molecule has 0 aliphatic carbocycles. The largest absolute Gasteiger partial charge is 0.323 e. The molecule has 1 atom stereocenters. The lowest BCUT2D eigenvalue weighted by atomic mass is 10.1. The van der Waals surface area contributed by atoms with Gasteiger partial charge in [0, 0.05) is 17.9 Å². The molecule has 5 nitrogen and oxygen atoms in total. The van der Waals surface area contributed by atoms with E-state index in [1.54, 1.807) is 12.3 Å². The van der Waals surface area contributed by atoms with Crippen molar-refractivity contribution in [1.29, 1.82) is 5.26 Å². The van der Waals surface area contributed by atoms with Crippen molar-refractivity contribution in [2.24, 2.45) is 0 Å². The molecule has 1 unspecified atom stereocenters. The molecule has 1 aliphatic rings. The van der Waals surface area contributed by atoms with Crippen LogP contribution in [0.2, 0.25) is 0 Å². The van der Waals surface area contributed by atoms with Gasteiger partial charge in [0.25, 0.3) is 0 Å². The molecule has 0 spiro atoms. The molecule has 1 aliphatic heterocycles. The first-order valence-electron chi connectivity index (χ1n) is 8.22. The van der Waals surface area contributed by atoms with Crippen LogP contribution in [-0.4, -0.2) is 16.0 Å². The van der Waals surface area contributed by atoms with Gasteiger partial charge in [0.1, 0.15) is 11.9 Å². The molecule has 0 bridgehead atoms. The van der Waals surface area contributed by atoms with E-state index in [9.17, 15) is 5.26 Å². The van der Waals surface area contributed by atoms with Crippen LogP contribution in [-0.2, 0) is 6.42 Å². The van der Waals surface area contributed by atoms with E-state index >= 15 is 0 Å². The van der Waals surface area contributed by atoms with Gasteiger partial charge in [-0.1, -0.05) is 30.3 Å². The average Bonchev–Trinajstić information content (AvgIpc) is 2.98. The standard InChI is InChI=1S/C20H17N5/c1-14-12-15-6-3-5-9-18(15)25(14)19-10-11-22-20(24-19)23-17-8-4-2-7-16(17)13-21/h2-11,14H,12H2,1H3,(H,22,23,24). The van der Waals surface area contributed by atoms with Crippen molar-refractivity contribution < 1.29 is 0 Å². The molecule has 4 rings (SSSR count). The van der Waals surface area contributed by atoms with Crippen LogP contribution in [0.25, 0.3) is 0 Å². The van der Waals surface area contributed by atoms with Gasteiger partial charge in [0.05, 0.1) is 11.3 Å². The second-order valence-electron chi connectivity index (χ2n) is 6.07. The number of hydrogen-bond donors (Lipinski definition) is 1. The molecule has 3 aromatic rings. The van der Waals surface area contributed by atoms with Crippen molar-refractivity contribution in [3.63, 3.8) is 0 Å². The van der Waals surface area contributed by atoms with Gasteiger partial charge < -0.3 is 10.2 Å². The van der Waals surface area contributed by atoms with Crippen molar-refractivity contribution in [2.75, 3.05) is 10.2 Å². The summed E-state index contributed by atoms with van der Waals surface area (Å²) in [6, 6.07) is 20.2. The summed E-state index contributed by atoms with van der Waals surface area (Å²) in [6.45, 7) is 2.19. The van der Waals surface area contributed by atoms with E-state index in [2.05, 4.69) is 51.4 Å². The topological polar surface area (TPSA) is 64.8 Å². The summed E-state index contributed by atoms with van der Waals surface area (Å²) in [5.41, 5.74) is 3.79. The number of hydrogen-bond acceptors (Lipinski definition) is 5. The maximum Gasteiger partial charge on any atom is 0.229 e. The fraction of sp³-hybridized carbons (Fsp3) is 0.150. The predicted octanol–water partition coefficient (Wildman–Crippen LogP) is 4.17. The van der Waals surface area contributed by atoms with Crippen molar-refractivity contribution in [1.82, 2.24) is 9.97 Å². The number of anilines is 4. The Morgan fingerprint density at radius 2 is 1.92 bits per heavy atom. The number of fused-ring (bicyclic) bond motifs is 1. The van der Waals surface area contributed by atoms with E-state index in [1.807, 2.05) is 30.3 Å². The highest BCUT2D eigenvalue weighted by Gasteiger charge is 2.27. The molecule has 25 heavy (non-hydrogen) atoms. The van der Waals surface area contributed by atoms with Gasteiger partial charge in [-0.2, -0.15) is 10.2 Å². The number of para-hydroxylation sites is 2. The van der Waals surface area contributed by atoms with E-state index in [1.165, 1.54) is 11.3 Å². The van der Waals surface area contributed by atoms with E-state index in [4.69, 9.17) is 0 Å². The van der Waals surface area contributed by atoms with Crippen LogP contribution in [0.3, 0.4) is 0 Å². The number of nitrogens with one attached hydrogen (secondary N) is 1. The quantitative estimate of drug-likeness (QED) is 0.782. The molecule has 1 aromatic heterocycles. The monoisotopic (exact) mass is 327 g/mol. The van der Waals surface area contributed by atoms with Crippen LogP contribution in [0.1, 0.15) is 18.1 Å². The lowest BCUT2D eigenvalue weighted by Crippen LogP contribution is -2.25. The minimum Gasteiger partial charge on any atom is -0.323 e.